The van der Waals surface area contributed by atoms with Crippen LogP contribution in [0.5, 0.6) is 0 Å². The Hall–Kier alpha value is -2.94. The van der Waals surface area contributed by atoms with E-state index < -0.39 is 10.0 Å². The first-order valence-corrected chi connectivity index (χ1v) is 9.30. The normalized spacial score (nSPS) is 11.5. The number of pyridine rings is 1. The van der Waals surface area contributed by atoms with E-state index in [1.807, 2.05) is 20.0 Å². The lowest BCUT2D eigenvalue weighted by Gasteiger charge is -2.07. The molecule has 2 aromatic heterocycles. The number of amides is 1. The summed E-state index contributed by atoms with van der Waals surface area (Å²) in [5.41, 5.74) is 2.94. The van der Waals surface area contributed by atoms with Crippen LogP contribution in [-0.4, -0.2) is 35.3 Å². The number of carbonyl (C=O) groups is 1. The van der Waals surface area contributed by atoms with E-state index in [1.54, 1.807) is 23.0 Å². The Balaban J connectivity index is 1.79. The second-order valence-electron chi connectivity index (χ2n) is 5.71. The molecule has 0 atom stereocenters. The average molecular weight is 359 g/mol. The van der Waals surface area contributed by atoms with Gasteiger partial charge in [-0.3, -0.25) is 14.2 Å². The molecule has 8 nitrogen and oxygen atoms in total. The van der Waals surface area contributed by atoms with E-state index >= 15 is 0 Å². The monoisotopic (exact) mass is 359 g/mol. The van der Waals surface area contributed by atoms with E-state index in [2.05, 4.69) is 20.1 Å². The van der Waals surface area contributed by atoms with Crippen molar-refractivity contribution < 1.29 is 13.2 Å². The number of aryl methyl sites for hydroxylation is 2. The third-order valence-corrected chi connectivity index (χ3v) is 4.18. The molecular weight excluding hydrogens is 342 g/mol. The van der Waals surface area contributed by atoms with Crippen molar-refractivity contribution in [3.63, 3.8) is 0 Å². The molecule has 2 N–H and O–H groups in total. The highest BCUT2D eigenvalue weighted by Gasteiger charge is 2.11. The molecule has 2 heterocycles. The van der Waals surface area contributed by atoms with E-state index in [9.17, 15) is 13.2 Å². The molecule has 0 saturated carbocycles. The maximum atomic E-state index is 12.3. The van der Waals surface area contributed by atoms with Crippen LogP contribution in [0, 0.1) is 6.92 Å². The molecular formula is C16H17N5O3S. The Morgan fingerprint density at radius 3 is 2.48 bits per heavy atom. The van der Waals surface area contributed by atoms with Crippen molar-refractivity contribution in [3.05, 3.63) is 47.8 Å². The van der Waals surface area contributed by atoms with E-state index in [-0.39, 0.29) is 5.91 Å². The van der Waals surface area contributed by atoms with Gasteiger partial charge in [0.1, 0.15) is 0 Å². The Bertz CT molecular complexity index is 1060. The molecule has 130 valence electrons. The zero-order valence-electron chi connectivity index (χ0n) is 13.9. The maximum absolute atomic E-state index is 12.3. The van der Waals surface area contributed by atoms with Gasteiger partial charge in [0.2, 0.25) is 10.0 Å². The zero-order chi connectivity index (χ0) is 18.2. The fourth-order valence-corrected chi connectivity index (χ4v) is 3.05. The van der Waals surface area contributed by atoms with E-state index in [1.165, 1.54) is 12.1 Å². The van der Waals surface area contributed by atoms with Crippen LogP contribution in [-0.2, 0) is 17.1 Å². The van der Waals surface area contributed by atoms with Crippen LogP contribution in [0.2, 0.25) is 0 Å². The summed E-state index contributed by atoms with van der Waals surface area (Å²) in [4.78, 5) is 16.7. The first-order chi connectivity index (χ1) is 11.7. The third kappa shape index (κ3) is 3.77. The molecule has 0 spiro atoms. The molecule has 3 aromatic rings. The fourth-order valence-electron chi connectivity index (χ4n) is 2.48. The minimum atomic E-state index is -3.35. The van der Waals surface area contributed by atoms with Crippen molar-refractivity contribution in [3.8, 4) is 0 Å². The SMILES string of the molecule is Cc1nn(C)c2ncc(NC(=O)c3ccc(NS(C)(=O)=O)cc3)cc12. The van der Waals surface area contributed by atoms with Gasteiger partial charge >= 0.3 is 0 Å². The summed E-state index contributed by atoms with van der Waals surface area (Å²) >= 11 is 0. The molecule has 1 aromatic carbocycles. The van der Waals surface area contributed by atoms with E-state index in [0.717, 1.165) is 23.0 Å². The molecule has 0 aliphatic rings. The average Bonchev–Trinajstić information content (AvgIpc) is 2.81. The predicted molar refractivity (Wildman–Crippen MR) is 96.1 cm³/mol. The summed E-state index contributed by atoms with van der Waals surface area (Å²) in [7, 11) is -1.54. The quantitative estimate of drug-likeness (QED) is 0.740. The number of sulfonamides is 1. The first-order valence-electron chi connectivity index (χ1n) is 7.41. The number of nitrogens with zero attached hydrogens (tertiary/aromatic N) is 3. The molecule has 0 fully saturated rings. The van der Waals surface area contributed by atoms with Crippen molar-refractivity contribution in [2.75, 3.05) is 16.3 Å². The maximum Gasteiger partial charge on any atom is 0.255 e. The number of fused-ring (bicyclic) bond motifs is 1. The summed E-state index contributed by atoms with van der Waals surface area (Å²) < 4.78 is 26.4. The number of rotatable bonds is 4. The molecule has 0 bridgehead atoms. The molecule has 9 heteroatoms. The number of anilines is 2. The van der Waals surface area contributed by atoms with Gasteiger partial charge in [-0.25, -0.2) is 13.4 Å². The van der Waals surface area contributed by atoms with Crippen molar-refractivity contribution in [2.24, 2.45) is 7.05 Å². The summed E-state index contributed by atoms with van der Waals surface area (Å²) in [5, 5.41) is 7.94. The third-order valence-electron chi connectivity index (χ3n) is 3.57. The second kappa shape index (κ2) is 6.17. The predicted octanol–water partition coefficient (Wildman–Crippen LogP) is 1.90. The van der Waals surface area contributed by atoms with Crippen LogP contribution in [0.4, 0.5) is 11.4 Å². The highest BCUT2D eigenvalue weighted by Crippen LogP contribution is 2.20. The smallest absolute Gasteiger partial charge is 0.255 e. The van der Waals surface area contributed by atoms with Gasteiger partial charge < -0.3 is 5.32 Å². The second-order valence-corrected chi connectivity index (χ2v) is 7.46. The Morgan fingerprint density at radius 2 is 1.84 bits per heavy atom. The lowest BCUT2D eigenvalue weighted by atomic mass is 10.2. The molecule has 3 rings (SSSR count). The number of aromatic nitrogens is 3. The van der Waals surface area contributed by atoms with Gasteiger partial charge in [0.25, 0.3) is 5.91 Å². The van der Waals surface area contributed by atoms with Crippen LogP contribution < -0.4 is 10.0 Å². The van der Waals surface area contributed by atoms with Crippen LogP contribution in [0.25, 0.3) is 11.0 Å². The summed E-state index contributed by atoms with van der Waals surface area (Å²) in [5.74, 6) is -0.311. The zero-order valence-corrected chi connectivity index (χ0v) is 14.8. The van der Waals surface area contributed by atoms with Crippen LogP contribution in [0.1, 0.15) is 16.1 Å². The van der Waals surface area contributed by atoms with Crippen LogP contribution in [0.3, 0.4) is 0 Å². The van der Waals surface area contributed by atoms with Gasteiger partial charge in [0, 0.05) is 23.7 Å². The van der Waals surface area contributed by atoms with E-state index in [4.69, 9.17) is 0 Å². The van der Waals surface area contributed by atoms with Gasteiger partial charge in [-0.2, -0.15) is 5.10 Å². The number of benzene rings is 1. The number of carbonyl (C=O) groups excluding carboxylic acids is 1. The largest absolute Gasteiger partial charge is 0.321 e. The highest BCUT2D eigenvalue weighted by atomic mass is 32.2. The fraction of sp³-hybridized carbons (Fsp3) is 0.188. The lowest BCUT2D eigenvalue weighted by molar-refractivity contribution is 0.102. The van der Waals surface area contributed by atoms with Crippen molar-refractivity contribution >= 4 is 38.3 Å². The molecule has 1 amide bonds. The van der Waals surface area contributed by atoms with Gasteiger partial charge in [0.05, 0.1) is 23.8 Å². The van der Waals surface area contributed by atoms with Gasteiger partial charge in [0.15, 0.2) is 5.65 Å². The summed E-state index contributed by atoms with van der Waals surface area (Å²) in [6.07, 6.45) is 2.64. The first kappa shape index (κ1) is 16.9. The van der Waals surface area contributed by atoms with Gasteiger partial charge in [-0.1, -0.05) is 0 Å². The minimum Gasteiger partial charge on any atom is -0.321 e. The van der Waals surface area contributed by atoms with E-state index in [0.29, 0.717) is 16.9 Å². The van der Waals surface area contributed by atoms with Crippen LogP contribution in [0.15, 0.2) is 36.5 Å². The van der Waals surface area contributed by atoms with Crippen molar-refractivity contribution in [1.29, 1.82) is 0 Å². The minimum absolute atomic E-state index is 0.311. The molecule has 0 radical (unpaired) electrons. The lowest BCUT2D eigenvalue weighted by Crippen LogP contribution is -2.13. The molecule has 0 aliphatic heterocycles. The molecule has 0 aliphatic carbocycles. The number of hydrogen-bond donors (Lipinski definition) is 2. The van der Waals surface area contributed by atoms with Crippen molar-refractivity contribution in [2.45, 2.75) is 6.92 Å². The highest BCUT2D eigenvalue weighted by molar-refractivity contribution is 7.92. The summed E-state index contributed by atoms with van der Waals surface area (Å²) in [6.45, 7) is 1.88. The molecule has 25 heavy (non-hydrogen) atoms. The standard InChI is InChI=1S/C16H17N5O3S/c1-10-14-8-13(9-17-15(14)21(2)19-10)18-16(22)11-4-6-12(7-5-11)20-25(3,23)24/h4-9,20H,1-3H3,(H,18,22). The number of hydrogen-bond acceptors (Lipinski definition) is 5. The molecule has 0 saturated heterocycles. The Morgan fingerprint density at radius 1 is 1.16 bits per heavy atom. The number of nitrogens with one attached hydrogen (secondary N) is 2. The Labute approximate surface area is 144 Å². The van der Waals surface area contributed by atoms with Crippen LogP contribution >= 0.6 is 0 Å². The molecule has 0 unspecified atom stereocenters. The van der Waals surface area contributed by atoms with Crippen molar-refractivity contribution in [1.82, 2.24) is 14.8 Å². The van der Waals surface area contributed by atoms with Gasteiger partial charge in [-0.15, -0.1) is 0 Å². The van der Waals surface area contributed by atoms with Gasteiger partial charge in [-0.05, 0) is 37.3 Å². The topological polar surface area (TPSA) is 106 Å². The Kier molecular flexibility index (Phi) is 4.17. The summed E-state index contributed by atoms with van der Waals surface area (Å²) in [6, 6.07) is 7.97.